The van der Waals surface area contributed by atoms with E-state index in [9.17, 15) is 13.2 Å². The number of aromatic nitrogens is 1. The Bertz CT molecular complexity index is 1400. The summed E-state index contributed by atoms with van der Waals surface area (Å²) in [6.07, 6.45) is 2.60. The third-order valence-electron chi connectivity index (χ3n) is 5.32. The molecule has 10 heteroatoms. The second-order valence-corrected chi connectivity index (χ2v) is 12.2. The van der Waals surface area contributed by atoms with E-state index in [1.54, 1.807) is 30.5 Å². The van der Waals surface area contributed by atoms with Crippen LogP contribution >= 0.6 is 22.9 Å². The molecular formula is C26H29ClN2O5S2. The molecule has 0 radical (unpaired) electrons. The van der Waals surface area contributed by atoms with E-state index in [1.807, 2.05) is 39.8 Å². The van der Waals surface area contributed by atoms with Gasteiger partial charge in [0, 0.05) is 34.8 Å². The Kier molecular flexibility index (Phi) is 8.81. The number of aliphatic carboxylic acids is 1. The fourth-order valence-electron chi connectivity index (χ4n) is 3.47. The fraction of sp³-hybridized carbons (Fsp3) is 0.308. The number of hydrogen-bond donors (Lipinski definition) is 1. The number of sulfonamides is 1. The summed E-state index contributed by atoms with van der Waals surface area (Å²) in [4.78, 5) is 15.0. The summed E-state index contributed by atoms with van der Waals surface area (Å²) in [5.41, 5.74) is 4.31. The molecule has 0 aliphatic rings. The number of anilines is 1. The zero-order valence-corrected chi connectivity index (χ0v) is 23.2. The van der Waals surface area contributed by atoms with Crippen molar-refractivity contribution in [2.45, 2.75) is 45.6 Å². The summed E-state index contributed by atoms with van der Waals surface area (Å²) >= 11 is 7.50. The van der Waals surface area contributed by atoms with Crippen LogP contribution in [0.15, 0.2) is 46.1 Å². The monoisotopic (exact) mass is 548 g/mol. The first-order valence-corrected chi connectivity index (χ1v) is 14.0. The zero-order chi connectivity index (χ0) is 26.6. The summed E-state index contributed by atoms with van der Waals surface area (Å²) in [5, 5.41) is 11.0. The van der Waals surface area contributed by atoms with Crippen LogP contribution in [0.5, 0.6) is 5.75 Å². The van der Waals surface area contributed by atoms with E-state index in [4.69, 9.17) is 21.4 Å². The number of halogens is 1. The van der Waals surface area contributed by atoms with Crippen molar-refractivity contribution in [2.24, 2.45) is 5.92 Å². The van der Waals surface area contributed by atoms with Crippen molar-refractivity contribution in [3.05, 3.63) is 74.8 Å². The maximum Gasteiger partial charge on any atom is 0.328 e. The quantitative estimate of drug-likeness (QED) is 0.301. The molecule has 0 aliphatic carbocycles. The van der Waals surface area contributed by atoms with E-state index in [2.05, 4.69) is 4.98 Å². The van der Waals surface area contributed by atoms with Gasteiger partial charge < -0.3 is 9.84 Å². The number of aryl methyl sites for hydroxylation is 3. The van der Waals surface area contributed by atoms with Crippen molar-refractivity contribution in [1.29, 1.82) is 0 Å². The number of hydrogen-bond acceptors (Lipinski definition) is 6. The van der Waals surface area contributed by atoms with Crippen molar-refractivity contribution in [2.75, 3.05) is 10.8 Å². The molecule has 1 aromatic heterocycles. The molecule has 0 saturated carbocycles. The molecule has 0 unspecified atom stereocenters. The highest BCUT2D eigenvalue weighted by atomic mass is 35.5. The van der Waals surface area contributed by atoms with Gasteiger partial charge in [-0.05, 0) is 61.1 Å². The third-order valence-corrected chi connectivity index (χ3v) is 8.86. The molecule has 0 spiro atoms. The maximum absolute atomic E-state index is 13.6. The van der Waals surface area contributed by atoms with E-state index in [0.29, 0.717) is 22.2 Å². The van der Waals surface area contributed by atoms with Gasteiger partial charge in [0.1, 0.15) is 12.4 Å². The van der Waals surface area contributed by atoms with Crippen molar-refractivity contribution in [3.8, 4) is 5.75 Å². The molecule has 3 aromatic rings. The minimum absolute atomic E-state index is 0.0278. The highest BCUT2D eigenvalue weighted by molar-refractivity contribution is 7.94. The molecule has 36 heavy (non-hydrogen) atoms. The van der Waals surface area contributed by atoms with Gasteiger partial charge >= 0.3 is 5.97 Å². The lowest BCUT2D eigenvalue weighted by molar-refractivity contribution is -0.131. The van der Waals surface area contributed by atoms with Crippen LogP contribution in [-0.2, 0) is 21.4 Å². The van der Waals surface area contributed by atoms with E-state index >= 15 is 0 Å². The molecule has 0 atom stereocenters. The number of carboxylic acids is 1. The number of ether oxygens (including phenoxy) is 1. The van der Waals surface area contributed by atoms with Crippen molar-refractivity contribution >= 4 is 50.7 Å². The molecule has 0 aliphatic heterocycles. The fourth-order valence-corrected chi connectivity index (χ4v) is 6.39. The summed E-state index contributed by atoms with van der Waals surface area (Å²) in [6, 6.07) is 8.88. The van der Waals surface area contributed by atoms with Crippen LogP contribution in [0.25, 0.3) is 6.08 Å². The van der Waals surface area contributed by atoms with Gasteiger partial charge in [0.25, 0.3) is 10.0 Å². The Balaban J connectivity index is 1.99. The van der Waals surface area contributed by atoms with Gasteiger partial charge in [-0.3, -0.25) is 4.31 Å². The Morgan fingerprint density at radius 2 is 1.92 bits per heavy atom. The standard InChI is InChI=1S/C26H29ClN2O5S2/c1-16(2)13-29(36(32,33)26-28-19(5)15-35-26)23-11-18(4)22(27)12-24(23)34-14-21-8-6-20(10-17(21)3)7-9-25(30)31/h6-12,15-16H,13-14H2,1-5H3,(H,30,31). The first-order chi connectivity index (χ1) is 16.9. The van der Waals surface area contributed by atoms with Crippen LogP contribution in [0.3, 0.4) is 0 Å². The second-order valence-electron chi connectivity index (χ2n) is 8.90. The smallest absolute Gasteiger partial charge is 0.328 e. The number of carboxylic acid groups (broad SMARTS) is 1. The lowest BCUT2D eigenvalue weighted by Crippen LogP contribution is -2.34. The Hall–Kier alpha value is -2.88. The molecular weight excluding hydrogens is 520 g/mol. The van der Waals surface area contributed by atoms with Crippen molar-refractivity contribution in [1.82, 2.24) is 4.98 Å². The summed E-state index contributed by atoms with van der Waals surface area (Å²) < 4.78 is 34.8. The van der Waals surface area contributed by atoms with Crippen LogP contribution < -0.4 is 9.04 Å². The van der Waals surface area contributed by atoms with Crippen LogP contribution in [0.1, 0.15) is 41.8 Å². The number of nitrogens with zero attached hydrogens (tertiary/aromatic N) is 2. The molecule has 1 N–H and O–H groups in total. The zero-order valence-electron chi connectivity index (χ0n) is 20.8. The first-order valence-electron chi connectivity index (χ1n) is 11.3. The average molecular weight is 549 g/mol. The molecule has 0 amide bonds. The van der Waals surface area contributed by atoms with Crippen molar-refractivity contribution in [3.63, 3.8) is 0 Å². The van der Waals surface area contributed by atoms with Crippen molar-refractivity contribution < 1.29 is 23.1 Å². The highest BCUT2D eigenvalue weighted by Gasteiger charge is 2.31. The molecule has 0 bridgehead atoms. The Morgan fingerprint density at radius 1 is 1.19 bits per heavy atom. The Morgan fingerprint density at radius 3 is 2.50 bits per heavy atom. The van der Waals surface area contributed by atoms with E-state index in [1.165, 1.54) is 10.4 Å². The molecule has 2 aromatic carbocycles. The van der Waals surface area contributed by atoms with Crippen LogP contribution in [-0.4, -0.2) is 31.0 Å². The number of carbonyl (C=O) groups is 1. The largest absolute Gasteiger partial charge is 0.487 e. The van der Waals surface area contributed by atoms with Crippen LogP contribution in [0.4, 0.5) is 5.69 Å². The molecule has 7 nitrogen and oxygen atoms in total. The van der Waals surface area contributed by atoms with Gasteiger partial charge in [0.05, 0.1) is 5.69 Å². The second kappa shape index (κ2) is 11.5. The highest BCUT2D eigenvalue weighted by Crippen LogP contribution is 2.38. The maximum atomic E-state index is 13.6. The molecule has 1 heterocycles. The SMILES string of the molecule is Cc1csc(S(=O)(=O)N(CC(C)C)c2cc(C)c(Cl)cc2OCc2ccc(C=CC(=O)O)cc2C)n1. The third kappa shape index (κ3) is 6.66. The van der Waals surface area contributed by atoms with E-state index < -0.39 is 16.0 Å². The van der Waals surface area contributed by atoms with Crippen LogP contribution in [0.2, 0.25) is 5.02 Å². The minimum atomic E-state index is -3.93. The van der Waals surface area contributed by atoms with Gasteiger partial charge in [-0.25, -0.2) is 9.78 Å². The minimum Gasteiger partial charge on any atom is -0.487 e. The topological polar surface area (TPSA) is 96.8 Å². The first kappa shape index (κ1) is 27.7. The predicted molar refractivity (Wildman–Crippen MR) is 145 cm³/mol. The summed E-state index contributed by atoms with van der Waals surface area (Å²) in [6.45, 7) is 9.78. The van der Waals surface area contributed by atoms with E-state index in [-0.39, 0.29) is 23.4 Å². The molecule has 0 saturated heterocycles. The van der Waals surface area contributed by atoms with Gasteiger partial charge in [-0.2, -0.15) is 8.42 Å². The van der Waals surface area contributed by atoms with Gasteiger partial charge in [0.15, 0.2) is 0 Å². The summed E-state index contributed by atoms with van der Waals surface area (Å²) in [5.74, 6) is -0.631. The molecule has 3 rings (SSSR count). The number of thiazole rings is 1. The van der Waals surface area contributed by atoms with E-state index in [0.717, 1.165) is 39.7 Å². The predicted octanol–water partition coefficient (Wildman–Crippen LogP) is 6.25. The lowest BCUT2D eigenvalue weighted by atomic mass is 10.1. The van der Waals surface area contributed by atoms with Crippen LogP contribution in [0, 0.1) is 26.7 Å². The molecule has 192 valence electrons. The van der Waals surface area contributed by atoms with Gasteiger partial charge in [0.2, 0.25) is 4.34 Å². The Labute approximate surface area is 221 Å². The van der Waals surface area contributed by atoms with Gasteiger partial charge in [-0.15, -0.1) is 11.3 Å². The normalized spacial score (nSPS) is 11.9. The van der Waals surface area contributed by atoms with Gasteiger partial charge in [-0.1, -0.05) is 43.6 Å². The summed E-state index contributed by atoms with van der Waals surface area (Å²) in [7, 11) is -3.93. The number of benzene rings is 2. The number of rotatable bonds is 10. The lowest BCUT2D eigenvalue weighted by Gasteiger charge is -2.27. The molecule has 0 fully saturated rings. The average Bonchev–Trinajstić information content (AvgIpc) is 3.24.